The van der Waals surface area contributed by atoms with E-state index in [2.05, 4.69) is 9.97 Å². The molecule has 3 rings (SSSR count). The van der Waals surface area contributed by atoms with Crippen molar-refractivity contribution < 1.29 is 14.3 Å². The molecule has 0 saturated carbocycles. The van der Waals surface area contributed by atoms with E-state index in [1.54, 1.807) is 24.7 Å². The molecule has 0 saturated heterocycles. The van der Waals surface area contributed by atoms with Gasteiger partial charge >= 0.3 is 5.97 Å². The summed E-state index contributed by atoms with van der Waals surface area (Å²) in [6.07, 6.45) is 4.85. The summed E-state index contributed by atoms with van der Waals surface area (Å²) < 4.78 is 5.40. The van der Waals surface area contributed by atoms with Gasteiger partial charge < -0.3 is 9.52 Å². The predicted molar refractivity (Wildman–Crippen MR) is 74.8 cm³/mol. The molecule has 6 heteroatoms. The number of aromatic nitrogens is 2. The van der Waals surface area contributed by atoms with Gasteiger partial charge in [0.2, 0.25) is 5.76 Å². The number of hydrogen-bond acceptors (Lipinski definition) is 5. The summed E-state index contributed by atoms with van der Waals surface area (Å²) in [7, 11) is 0. The highest BCUT2D eigenvalue weighted by Gasteiger charge is 2.19. The van der Waals surface area contributed by atoms with Gasteiger partial charge in [0, 0.05) is 29.1 Å². The second kappa shape index (κ2) is 5.34. The molecule has 0 fully saturated rings. The average Bonchev–Trinajstić information content (AvgIpc) is 2.85. The van der Waals surface area contributed by atoms with E-state index in [1.807, 2.05) is 18.2 Å². The van der Waals surface area contributed by atoms with Gasteiger partial charge in [-0.05, 0) is 6.07 Å². The van der Waals surface area contributed by atoms with E-state index >= 15 is 0 Å². The molecule has 0 aliphatic carbocycles. The van der Waals surface area contributed by atoms with Gasteiger partial charge in [-0.2, -0.15) is 0 Å². The Kier molecular flexibility index (Phi) is 3.39. The second-order valence-corrected chi connectivity index (χ2v) is 5.04. The van der Waals surface area contributed by atoms with Crippen molar-refractivity contribution >= 4 is 28.7 Å². The zero-order valence-electron chi connectivity index (χ0n) is 10.3. The van der Waals surface area contributed by atoms with Crippen LogP contribution in [0.5, 0.6) is 0 Å². The monoisotopic (exact) mass is 286 g/mol. The van der Waals surface area contributed by atoms with Crippen LogP contribution in [-0.4, -0.2) is 21.0 Å². The Morgan fingerprint density at radius 3 is 2.90 bits per heavy atom. The van der Waals surface area contributed by atoms with Crippen molar-refractivity contribution in [3.8, 4) is 0 Å². The van der Waals surface area contributed by atoms with Gasteiger partial charge in [-0.25, -0.2) is 9.78 Å². The highest BCUT2D eigenvalue weighted by molar-refractivity contribution is 7.98. The number of furan rings is 1. The standard InChI is InChI=1S/C14H10N2O3S/c17-14(18)13-10(8-20-12-7-15-5-6-16-12)9-3-1-2-4-11(9)19-13/h1-7H,8H2,(H,17,18). The third-order valence-corrected chi connectivity index (χ3v) is 3.74. The summed E-state index contributed by atoms with van der Waals surface area (Å²) in [6.45, 7) is 0. The van der Waals surface area contributed by atoms with Gasteiger partial charge in [0.05, 0.1) is 6.20 Å². The van der Waals surface area contributed by atoms with Gasteiger partial charge in [0.25, 0.3) is 0 Å². The molecule has 100 valence electrons. The van der Waals surface area contributed by atoms with Crippen LogP contribution in [0.3, 0.4) is 0 Å². The van der Waals surface area contributed by atoms with E-state index < -0.39 is 5.97 Å². The maximum Gasteiger partial charge on any atom is 0.372 e. The molecule has 0 unspecified atom stereocenters. The number of rotatable bonds is 4. The number of para-hydroxylation sites is 1. The summed E-state index contributed by atoms with van der Waals surface area (Å²) >= 11 is 1.43. The van der Waals surface area contributed by atoms with Crippen molar-refractivity contribution in [2.45, 2.75) is 10.8 Å². The first-order valence-electron chi connectivity index (χ1n) is 5.88. The summed E-state index contributed by atoms with van der Waals surface area (Å²) in [5.74, 6) is -0.601. The second-order valence-electron chi connectivity index (χ2n) is 4.04. The first-order valence-corrected chi connectivity index (χ1v) is 6.87. The van der Waals surface area contributed by atoms with Crippen molar-refractivity contribution in [3.63, 3.8) is 0 Å². The molecule has 20 heavy (non-hydrogen) atoms. The fraction of sp³-hybridized carbons (Fsp3) is 0.0714. The predicted octanol–water partition coefficient (Wildman–Crippen LogP) is 3.21. The Morgan fingerprint density at radius 1 is 1.30 bits per heavy atom. The molecular weight excluding hydrogens is 276 g/mol. The maximum atomic E-state index is 11.3. The number of hydrogen-bond donors (Lipinski definition) is 1. The molecule has 0 amide bonds. The van der Waals surface area contributed by atoms with E-state index in [0.29, 0.717) is 16.9 Å². The molecule has 0 bridgehead atoms. The van der Waals surface area contributed by atoms with Gasteiger partial charge in [-0.3, -0.25) is 4.98 Å². The van der Waals surface area contributed by atoms with E-state index in [9.17, 15) is 9.90 Å². The minimum atomic E-state index is -1.06. The first kappa shape index (κ1) is 12.7. The van der Waals surface area contributed by atoms with E-state index in [-0.39, 0.29) is 5.76 Å². The lowest BCUT2D eigenvalue weighted by Gasteiger charge is -2.00. The van der Waals surface area contributed by atoms with Crippen LogP contribution in [-0.2, 0) is 5.75 Å². The molecule has 0 aliphatic heterocycles. The van der Waals surface area contributed by atoms with Gasteiger partial charge in [-0.15, -0.1) is 0 Å². The Bertz CT molecular complexity index is 755. The van der Waals surface area contributed by atoms with Crippen LogP contribution >= 0.6 is 11.8 Å². The van der Waals surface area contributed by atoms with Crippen LogP contribution < -0.4 is 0 Å². The quantitative estimate of drug-likeness (QED) is 0.742. The Balaban J connectivity index is 1.97. The van der Waals surface area contributed by atoms with Crippen LogP contribution in [0, 0.1) is 0 Å². The van der Waals surface area contributed by atoms with Crippen molar-refractivity contribution in [1.82, 2.24) is 9.97 Å². The molecule has 2 aromatic heterocycles. The van der Waals surface area contributed by atoms with E-state index in [0.717, 1.165) is 10.4 Å². The van der Waals surface area contributed by atoms with Gasteiger partial charge in [0.1, 0.15) is 10.6 Å². The summed E-state index contributed by atoms with van der Waals surface area (Å²) in [5, 5.41) is 10.8. The van der Waals surface area contributed by atoms with Crippen LogP contribution in [0.25, 0.3) is 11.0 Å². The molecule has 0 aliphatic rings. The molecule has 1 aromatic carbocycles. The number of thioether (sulfide) groups is 1. The zero-order chi connectivity index (χ0) is 13.9. The minimum Gasteiger partial charge on any atom is -0.475 e. The number of benzene rings is 1. The number of carboxylic acids is 1. The molecular formula is C14H10N2O3S. The highest BCUT2D eigenvalue weighted by atomic mass is 32.2. The van der Waals surface area contributed by atoms with Crippen LogP contribution in [0.15, 0.2) is 52.3 Å². The minimum absolute atomic E-state index is 0.0115. The van der Waals surface area contributed by atoms with E-state index in [1.165, 1.54) is 11.8 Å². The molecule has 0 atom stereocenters. The lowest BCUT2D eigenvalue weighted by atomic mass is 10.1. The molecule has 0 spiro atoms. The van der Waals surface area contributed by atoms with Gasteiger partial charge in [0.15, 0.2) is 0 Å². The molecule has 2 heterocycles. The number of carboxylic acid groups (broad SMARTS) is 1. The Morgan fingerprint density at radius 2 is 2.15 bits per heavy atom. The first-order chi connectivity index (χ1) is 9.75. The lowest BCUT2D eigenvalue weighted by molar-refractivity contribution is 0.0664. The van der Waals surface area contributed by atoms with Crippen LogP contribution in [0.4, 0.5) is 0 Å². The summed E-state index contributed by atoms with van der Waals surface area (Å²) in [6, 6.07) is 7.30. The van der Waals surface area contributed by atoms with Crippen LogP contribution in [0.2, 0.25) is 0 Å². The molecule has 0 radical (unpaired) electrons. The topological polar surface area (TPSA) is 76.2 Å². The smallest absolute Gasteiger partial charge is 0.372 e. The van der Waals surface area contributed by atoms with Crippen LogP contribution in [0.1, 0.15) is 16.1 Å². The van der Waals surface area contributed by atoms with Crippen molar-refractivity contribution in [3.05, 3.63) is 54.2 Å². The average molecular weight is 286 g/mol. The Hall–Kier alpha value is -2.34. The number of aromatic carboxylic acids is 1. The fourth-order valence-electron chi connectivity index (χ4n) is 1.92. The van der Waals surface area contributed by atoms with E-state index in [4.69, 9.17) is 4.42 Å². The third kappa shape index (κ3) is 2.37. The number of carbonyl (C=O) groups is 1. The summed E-state index contributed by atoms with van der Waals surface area (Å²) in [5.41, 5.74) is 1.25. The molecule has 1 N–H and O–H groups in total. The van der Waals surface area contributed by atoms with Gasteiger partial charge in [-0.1, -0.05) is 30.0 Å². The highest BCUT2D eigenvalue weighted by Crippen LogP contribution is 2.31. The largest absolute Gasteiger partial charge is 0.475 e. The fourth-order valence-corrected chi connectivity index (χ4v) is 2.77. The summed E-state index contributed by atoms with van der Waals surface area (Å²) in [4.78, 5) is 19.4. The number of fused-ring (bicyclic) bond motifs is 1. The molecule has 3 aromatic rings. The normalized spacial score (nSPS) is 10.8. The Labute approximate surface area is 118 Å². The van der Waals surface area contributed by atoms with Crippen molar-refractivity contribution in [1.29, 1.82) is 0 Å². The SMILES string of the molecule is O=C(O)c1oc2ccccc2c1CSc1cnccn1. The van der Waals surface area contributed by atoms with Crippen molar-refractivity contribution in [2.75, 3.05) is 0 Å². The van der Waals surface area contributed by atoms with Crippen molar-refractivity contribution in [2.24, 2.45) is 0 Å². The third-order valence-electron chi connectivity index (χ3n) is 2.80. The molecule has 5 nitrogen and oxygen atoms in total. The maximum absolute atomic E-state index is 11.3. The lowest BCUT2D eigenvalue weighted by Crippen LogP contribution is -1.98. The zero-order valence-corrected chi connectivity index (χ0v) is 11.1. The number of nitrogens with zero attached hydrogens (tertiary/aromatic N) is 2.